The Morgan fingerprint density at radius 2 is 1.13 bits per heavy atom. The van der Waals surface area contributed by atoms with Crippen molar-refractivity contribution in [1.82, 2.24) is 0 Å². The van der Waals surface area contributed by atoms with E-state index in [1.807, 2.05) is 11.8 Å². The molecule has 1 heterocycles. The molecule has 0 spiro atoms. The molecular formula is C30H28S. The van der Waals surface area contributed by atoms with Crippen LogP contribution in [0.3, 0.4) is 0 Å². The molecule has 0 aromatic heterocycles. The summed E-state index contributed by atoms with van der Waals surface area (Å²) in [5.41, 5.74) is 9.19. The Kier molecular flexibility index (Phi) is 4.83. The van der Waals surface area contributed by atoms with Crippen molar-refractivity contribution >= 4 is 11.8 Å². The highest BCUT2D eigenvalue weighted by Gasteiger charge is 2.59. The monoisotopic (exact) mass is 420 g/mol. The molecule has 0 saturated carbocycles. The van der Waals surface area contributed by atoms with Gasteiger partial charge in [0.2, 0.25) is 0 Å². The minimum Gasteiger partial charge on any atom is -0.113 e. The van der Waals surface area contributed by atoms with Crippen LogP contribution in [0.15, 0.2) is 102 Å². The lowest BCUT2D eigenvalue weighted by Gasteiger charge is -2.46. The van der Waals surface area contributed by atoms with Gasteiger partial charge in [0.05, 0.1) is 10.2 Å². The van der Waals surface area contributed by atoms with Gasteiger partial charge in [0.15, 0.2) is 0 Å². The fourth-order valence-electron chi connectivity index (χ4n) is 5.52. The lowest BCUT2D eigenvalue weighted by Crippen LogP contribution is -2.44. The van der Waals surface area contributed by atoms with Gasteiger partial charge < -0.3 is 0 Å². The van der Waals surface area contributed by atoms with Crippen molar-refractivity contribution < 1.29 is 0 Å². The smallest absolute Gasteiger partial charge is 0.0653 e. The zero-order chi connectivity index (χ0) is 21.6. The van der Waals surface area contributed by atoms with Crippen molar-refractivity contribution in [2.24, 2.45) is 0 Å². The van der Waals surface area contributed by atoms with Crippen molar-refractivity contribution in [1.29, 1.82) is 0 Å². The first kappa shape index (κ1) is 20.2. The van der Waals surface area contributed by atoms with Crippen molar-refractivity contribution in [2.45, 2.75) is 42.8 Å². The molecule has 0 N–H and O–H groups in total. The number of thioether (sulfide) groups is 1. The molecule has 31 heavy (non-hydrogen) atoms. The number of benzene rings is 4. The van der Waals surface area contributed by atoms with Gasteiger partial charge in [-0.1, -0.05) is 96.6 Å². The molecule has 0 fully saturated rings. The van der Waals surface area contributed by atoms with Gasteiger partial charge in [-0.05, 0) is 67.1 Å². The molecule has 0 aliphatic carbocycles. The Hall–Kier alpha value is -2.77. The average Bonchev–Trinajstić information content (AvgIpc) is 3.04. The van der Waals surface area contributed by atoms with Gasteiger partial charge in [0, 0.05) is 4.90 Å². The summed E-state index contributed by atoms with van der Waals surface area (Å²) in [5.74, 6) is 0. The predicted molar refractivity (Wildman–Crippen MR) is 133 cm³/mol. The Morgan fingerprint density at radius 3 is 1.74 bits per heavy atom. The molecule has 0 nitrogen and oxygen atoms in total. The van der Waals surface area contributed by atoms with Gasteiger partial charge in [0.25, 0.3) is 0 Å². The SMILES string of the molecule is Cc1ccc(C2(c3ccccc3)c3ccc(C)cc3SC2(C)c2ccccc2)c(C)c1. The second-order valence-corrected chi connectivity index (χ2v) is 10.4. The lowest BCUT2D eigenvalue weighted by atomic mass is 9.59. The van der Waals surface area contributed by atoms with Gasteiger partial charge in [-0.2, -0.15) is 0 Å². The van der Waals surface area contributed by atoms with E-state index in [4.69, 9.17) is 0 Å². The molecule has 4 aromatic rings. The maximum absolute atomic E-state index is 2.44. The first-order valence-electron chi connectivity index (χ1n) is 11.0. The Morgan fingerprint density at radius 1 is 0.581 bits per heavy atom. The molecule has 0 amide bonds. The number of rotatable bonds is 3. The molecule has 0 saturated heterocycles. The minimum absolute atomic E-state index is 0.189. The fourth-order valence-corrected chi connectivity index (χ4v) is 7.28. The highest BCUT2D eigenvalue weighted by Crippen LogP contribution is 2.67. The summed E-state index contributed by atoms with van der Waals surface area (Å²) < 4.78 is -0.189. The first-order valence-corrected chi connectivity index (χ1v) is 11.8. The third kappa shape index (κ3) is 2.91. The van der Waals surface area contributed by atoms with E-state index in [1.54, 1.807) is 0 Å². The van der Waals surface area contributed by atoms with E-state index >= 15 is 0 Å². The quantitative estimate of drug-likeness (QED) is 0.324. The molecule has 154 valence electrons. The first-order chi connectivity index (χ1) is 15.0. The minimum atomic E-state index is -0.291. The van der Waals surface area contributed by atoms with Crippen LogP contribution in [0.25, 0.3) is 0 Å². The van der Waals surface area contributed by atoms with Crippen LogP contribution in [-0.4, -0.2) is 0 Å². The van der Waals surface area contributed by atoms with Crippen molar-refractivity contribution in [3.63, 3.8) is 0 Å². The maximum atomic E-state index is 2.44. The Balaban J connectivity index is 1.96. The van der Waals surface area contributed by atoms with Crippen LogP contribution in [0.2, 0.25) is 0 Å². The summed E-state index contributed by atoms with van der Waals surface area (Å²) in [6.07, 6.45) is 0. The molecule has 0 radical (unpaired) electrons. The summed E-state index contributed by atoms with van der Waals surface area (Å²) in [6.45, 7) is 9.09. The van der Waals surface area contributed by atoms with E-state index in [9.17, 15) is 0 Å². The zero-order valence-electron chi connectivity index (χ0n) is 18.6. The third-order valence-corrected chi connectivity index (χ3v) is 8.40. The normalized spacial score (nSPS) is 22.3. The van der Waals surface area contributed by atoms with Crippen LogP contribution in [0.4, 0.5) is 0 Å². The molecule has 1 aliphatic rings. The van der Waals surface area contributed by atoms with Crippen molar-refractivity contribution in [2.75, 3.05) is 0 Å². The van der Waals surface area contributed by atoms with E-state index in [1.165, 1.54) is 43.8 Å². The van der Waals surface area contributed by atoms with Gasteiger partial charge in [-0.15, -0.1) is 11.8 Å². The number of aryl methyl sites for hydroxylation is 3. The topological polar surface area (TPSA) is 0 Å². The standard InChI is InChI=1S/C30H28S/c1-21-15-17-26(23(3)19-21)30(25-13-9-6-10-14-25)27-18-16-22(2)20-28(27)31-29(30,4)24-11-7-5-8-12-24/h5-20H,1-4H3. The molecule has 5 rings (SSSR count). The molecule has 2 unspecified atom stereocenters. The van der Waals surface area contributed by atoms with E-state index in [-0.39, 0.29) is 10.2 Å². The highest BCUT2D eigenvalue weighted by atomic mass is 32.2. The summed E-state index contributed by atoms with van der Waals surface area (Å²) in [5, 5.41) is 0. The van der Waals surface area contributed by atoms with Crippen LogP contribution in [0.5, 0.6) is 0 Å². The Labute approximate surface area is 190 Å². The fraction of sp³-hybridized carbons (Fsp3) is 0.200. The van der Waals surface area contributed by atoms with Crippen molar-refractivity contribution in [3.05, 3.63) is 136 Å². The van der Waals surface area contributed by atoms with Gasteiger partial charge in [-0.3, -0.25) is 0 Å². The molecular weight excluding hydrogens is 392 g/mol. The summed E-state index contributed by atoms with van der Waals surface area (Å²) in [4.78, 5) is 1.38. The van der Waals surface area contributed by atoms with E-state index < -0.39 is 0 Å². The molecule has 1 heteroatoms. The maximum Gasteiger partial charge on any atom is 0.0653 e. The lowest BCUT2D eigenvalue weighted by molar-refractivity contribution is 0.473. The summed E-state index contributed by atoms with van der Waals surface area (Å²) in [6, 6.07) is 36.2. The highest BCUT2D eigenvalue weighted by molar-refractivity contribution is 8.00. The second-order valence-electron chi connectivity index (χ2n) is 8.94. The van der Waals surface area contributed by atoms with Crippen LogP contribution < -0.4 is 0 Å². The van der Waals surface area contributed by atoms with E-state index in [2.05, 4.69) is 125 Å². The van der Waals surface area contributed by atoms with E-state index in [0.717, 1.165) is 0 Å². The third-order valence-electron chi connectivity index (χ3n) is 6.89. The van der Waals surface area contributed by atoms with Crippen LogP contribution in [0.1, 0.15) is 45.9 Å². The average molecular weight is 421 g/mol. The van der Waals surface area contributed by atoms with E-state index in [0.29, 0.717) is 0 Å². The van der Waals surface area contributed by atoms with Crippen LogP contribution >= 0.6 is 11.8 Å². The molecule has 1 aliphatic heterocycles. The number of hydrogen-bond acceptors (Lipinski definition) is 1. The second kappa shape index (κ2) is 7.43. The van der Waals surface area contributed by atoms with Crippen LogP contribution in [-0.2, 0) is 10.2 Å². The summed E-state index contributed by atoms with van der Waals surface area (Å²) >= 11 is 2.02. The number of fused-ring (bicyclic) bond motifs is 1. The molecule has 2 atom stereocenters. The number of hydrogen-bond donors (Lipinski definition) is 0. The molecule has 4 aromatic carbocycles. The van der Waals surface area contributed by atoms with Gasteiger partial charge in [0.1, 0.15) is 0 Å². The molecule has 0 bridgehead atoms. The Bertz CT molecular complexity index is 1240. The zero-order valence-corrected chi connectivity index (χ0v) is 19.5. The largest absolute Gasteiger partial charge is 0.113 e. The van der Waals surface area contributed by atoms with Crippen LogP contribution in [0, 0.1) is 20.8 Å². The van der Waals surface area contributed by atoms with Crippen molar-refractivity contribution in [3.8, 4) is 0 Å². The summed E-state index contributed by atoms with van der Waals surface area (Å²) in [7, 11) is 0. The predicted octanol–water partition coefficient (Wildman–Crippen LogP) is 7.97. The van der Waals surface area contributed by atoms with Gasteiger partial charge in [-0.25, -0.2) is 0 Å². The van der Waals surface area contributed by atoms with Gasteiger partial charge >= 0.3 is 0 Å².